The van der Waals surface area contributed by atoms with Gasteiger partial charge in [0.05, 0.1) is 6.61 Å². The standard InChI is InChI=1S/C16H20N2O3/c1-5-20-16(19)13(10(2)3)15-17-14(18-21-15)12-8-6-7-11(4)9-12/h6-10,13H,5H2,1-4H3. The number of aryl methyl sites for hydroxylation is 1. The lowest BCUT2D eigenvalue weighted by Crippen LogP contribution is -2.21. The fourth-order valence-corrected chi connectivity index (χ4v) is 2.15. The van der Waals surface area contributed by atoms with E-state index in [9.17, 15) is 4.79 Å². The largest absolute Gasteiger partial charge is 0.465 e. The van der Waals surface area contributed by atoms with E-state index < -0.39 is 5.92 Å². The van der Waals surface area contributed by atoms with E-state index in [4.69, 9.17) is 9.26 Å². The number of rotatable bonds is 5. The third-order valence-corrected chi connectivity index (χ3v) is 3.19. The second-order valence-corrected chi connectivity index (χ2v) is 5.30. The lowest BCUT2D eigenvalue weighted by molar-refractivity contribution is -0.146. The zero-order valence-electron chi connectivity index (χ0n) is 12.8. The monoisotopic (exact) mass is 288 g/mol. The molecule has 5 nitrogen and oxygen atoms in total. The van der Waals surface area contributed by atoms with Gasteiger partial charge in [0, 0.05) is 5.56 Å². The van der Waals surface area contributed by atoms with Gasteiger partial charge in [0.2, 0.25) is 11.7 Å². The van der Waals surface area contributed by atoms with Crippen LogP contribution in [0.5, 0.6) is 0 Å². The minimum atomic E-state index is -0.531. The molecule has 0 amide bonds. The molecule has 5 heteroatoms. The Hall–Kier alpha value is -2.17. The van der Waals surface area contributed by atoms with Gasteiger partial charge in [-0.15, -0.1) is 0 Å². The Bertz CT molecular complexity index is 619. The molecule has 2 aromatic rings. The molecular formula is C16H20N2O3. The second kappa shape index (κ2) is 6.52. The smallest absolute Gasteiger partial charge is 0.318 e. The summed E-state index contributed by atoms with van der Waals surface area (Å²) in [4.78, 5) is 16.4. The van der Waals surface area contributed by atoms with E-state index >= 15 is 0 Å². The molecular weight excluding hydrogens is 268 g/mol. The molecule has 2 rings (SSSR count). The summed E-state index contributed by atoms with van der Waals surface area (Å²) < 4.78 is 10.4. The molecule has 1 aromatic carbocycles. The van der Waals surface area contributed by atoms with Gasteiger partial charge in [-0.3, -0.25) is 4.79 Å². The maximum atomic E-state index is 12.0. The average molecular weight is 288 g/mol. The average Bonchev–Trinajstić information content (AvgIpc) is 2.88. The molecule has 0 fully saturated rings. The van der Waals surface area contributed by atoms with E-state index in [1.807, 2.05) is 45.0 Å². The van der Waals surface area contributed by atoms with Crippen LogP contribution in [-0.4, -0.2) is 22.7 Å². The number of benzene rings is 1. The van der Waals surface area contributed by atoms with Crippen LogP contribution in [0.3, 0.4) is 0 Å². The van der Waals surface area contributed by atoms with Crippen LogP contribution in [0.4, 0.5) is 0 Å². The number of hydrogen-bond acceptors (Lipinski definition) is 5. The Morgan fingerprint density at radius 2 is 2.14 bits per heavy atom. The first-order valence-electron chi connectivity index (χ1n) is 7.10. The molecule has 0 aliphatic carbocycles. The quantitative estimate of drug-likeness (QED) is 0.789. The summed E-state index contributed by atoms with van der Waals surface area (Å²) in [6, 6.07) is 7.83. The van der Waals surface area contributed by atoms with Crippen molar-refractivity contribution in [2.75, 3.05) is 6.61 Å². The van der Waals surface area contributed by atoms with Gasteiger partial charge >= 0.3 is 5.97 Å². The van der Waals surface area contributed by atoms with Crippen LogP contribution in [0, 0.1) is 12.8 Å². The number of carbonyl (C=O) groups is 1. The lowest BCUT2D eigenvalue weighted by atomic mass is 9.96. The number of aromatic nitrogens is 2. The van der Waals surface area contributed by atoms with Crippen molar-refractivity contribution >= 4 is 5.97 Å². The third-order valence-electron chi connectivity index (χ3n) is 3.19. The zero-order valence-corrected chi connectivity index (χ0v) is 12.8. The summed E-state index contributed by atoms with van der Waals surface area (Å²) in [7, 11) is 0. The number of esters is 1. The highest BCUT2D eigenvalue weighted by Gasteiger charge is 2.31. The van der Waals surface area contributed by atoms with Crippen LogP contribution in [0.15, 0.2) is 28.8 Å². The van der Waals surface area contributed by atoms with Crippen LogP contribution < -0.4 is 0 Å². The highest BCUT2D eigenvalue weighted by atomic mass is 16.5. The molecule has 0 aliphatic heterocycles. The van der Waals surface area contributed by atoms with E-state index in [-0.39, 0.29) is 11.9 Å². The van der Waals surface area contributed by atoms with Gasteiger partial charge in [-0.2, -0.15) is 4.98 Å². The zero-order chi connectivity index (χ0) is 15.4. The Morgan fingerprint density at radius 1 is 1.38 bits per heavy atom. The predicted octanol–water partition coefficient (Wildman–Crippen LogP) is 3.35. The molecule has 0 bridgehead atoms. The van der Waals surface area contributed by atoms with E-state index in [1.165, 1.54) is 0 Å². The molecule has 112 valence electrons. The van der Waals surface area contributed by atoms with E-state index in [1.54, 1.807) is 6.92 Å². The third kappa shape index (κ3) is 3.48. The van der Waals surface area contributed by atoms with Crippen LogP contribution in [-0.2, 0) is 9.53 Å². The fourth-order valence-electron chi connectivity index (χ4n) is 2.15. The molecule has 21 heavy (non-hydrogen) atoms. The van der Waals surface area contributed by atoms with Gasteiger partial charge in [0.15, 0.2) is 0 Å². The van der Waals surface area contributed by atoms with Crippen LogP contribution in [0.2, 0.25) is 0 Å². The summed E-state index contributed by atoms with van der Waals surface area (Å²) in [5.41, 5.74) is 1.99. The van der Waals surface area contributed by atoms with Gasteiger partial charge in [-0.1, -0.05) is 42.8 Å². The first-order valence-corrected chi connectivity index (χ1v) is 7.10. The van der Waals surface area contributed by atoms with Gasteiger partial charge in [0.1, 0.15) is 5.92 Å². The number of nitrogens with zero attached hydrogens (tertiary/aromatic N) is 2. The molecule has 0 saturated heterocycles. The van der Waals surface area contributed by atoms with Gasteiger partial charge in [0.25, 0.3) is 0 Å². The molecule has 0 saturated carbocycles. The molecule has 0 aliphatic rings. The van der Waals surface area contributed by atoms with Gasteiger partial charge in [-0.25, -0.2) is 0 Å². The number of ether oxygens (including phenoxy) is 1. The summed E-state index contributed by atoms with van der Waals surface area (Å²) in [5.74, 6) is -0.0404. The summed E-state index contributed by atoms with van der Waals surface area (Å²) in [5, 5.41) is 3.98. The first kappa shape index (κ1) is 15.2. The second-order valence-electron chi connectivity index (χ2n) is 5.30. The van der Waals surface area contributed by atoms with Crippen LogP contribution >= 0.6 is 0 Å². The maximum absolute atomic E-state index is 12.0. The van der Waals surface area contributed by atoms with Crippen molar-refractivity contribution in [1.29, 1.82) is 0 Å². The maximum Gasteiger partial charge on any atom is 0.318 e. The molecule has 1 atom stereocenters. The Morgan fingerprint density at radius 3 is 2.76 bits per heavy atom. The molecule has 1 aromatic heterocycles. The predicted molar refractivity (Wildman–Crippen MR) is 78.7 cm³/mol. The summed E-state index contributed by atoms with van der Waals surface area (Å²) in [6.07, 6.45) is 0. The minimum absolute atomic E-state index is 0.0230. The fraction of sp³-hybridized carbons (Fsp3) is 0.438. The van der Waals surface area contributed by atoms with Crippen molar-refractivity contribution in [1.82, 2.24) is 10.1 Å². The van der Waals surface area contributed by atoms with Crippen molar-refractivity contribution in [2.45, 2.75) is 33.6 Å². The van der Waals surface area contributed by atoms with Crippen molar-refractivity contribution in [3.8, 4) is 11.4 Å². The molecule has 0 radical (unpaired) electrons. The Labute approximate surface area is 124 Å². The Balaban J connectivity index is 2.30. The number of hydrogen-bond donors (Lipinski definition) is 0. The topological polar surface area (TPSA) is 65.2 Å². The molecule has 1 unspecified atom stereocenters. The van der Waals surface area contributed by atoms with E-state index in [0.29, 0.717) is 18.3 Å². The Kier molecular flexibility index (Phi) is 4.73. The van der Waals surface area contributed by atoms with Gasteiger partial charge in [-0.05, 0) is 25.8 Å². The van der Waals surface area contributed by atoms with Crippen LogP contribution in [0.1, 0.15) is 38.1 Å². The molecule has 1 heterocycles. The normalized spacial score (nSPS) is 12.4. The molecule has 0 spiro atoms. The first-order chi connectivity index (χ1) is 10.0. The molecule has 0 N–H and O–H groups in total. The van der Waals surface area contributed by atoms with Crippen LogP contribution in [0.25, 0.3) is 11.4 Å². The van der Waals surface area contributed by atoms with Gasteiger partial charge < -0.3 is 9.26 Å². The van der Waals surface area contributed by atoms with E-state index in [0.717, 1.165) is 11.1 Å². The summed E-state index contributed by atoms with van der Waals surface area (Å²) in [6.45, 7) is 7.97. The number of carbonyl (C=O) groups excluding carboxylic acids is 1. The van der Waals surface area contributed by atoms with Crippen molar-refractivity contribution in [3.05, 3.63) is 35.7 Å². The highest BCUT2D eigenvalue weighted by molar-refractivity contribution is 5.77. The SMILES string of the molecule is CCOC(=O)C(c1nc(-c2cccc(C)c2)no1)C(C)C. The summed E-state index contributed by atoms with van der Waals surface area (Å²) >= 11 is 0. The van der Waals surface area contributed by atoms with Crippen molar-refractivity contribution in [2.24, 2.45) is 5.92 Å². The van der Waals surface area contributed by atoms with Crippen molar-refractivity contribution in [3.63, 3.8) is 0 Å². The lowest BCUT2D eigenvalue weighted by Gasteiger charge is -2.14. The highest BCUT2D eigenvalue weighted by Crippen LogP contribution is 2.27. The van der Waals surface area contributed by atoms with Crippen molar-refractivity contribution < 1.29 is 14.1 Å². The minimum Gasteiger partial charge on any atom is -0.465 e. The van der Waals surface area contributed by atoms with E-state index in [2.05, 4.69) is 10.1 Å².